The summed E-state index contributed by atoms with van der Waals surface area (Å²) in [5.41, 5.74) is 0. The van der Waals surface area contributed by atoms with Gasteiger partial charge >= 0.3 is 0 Å². The maximum absolute atomic E-state index is 3.52. The molecule has 0 rings (SSSR count). The first kappa shape index (κ1) is 13.9. The van der Waals surface area contributed by atoms with Crippen LogP contribution in [-0.4, -0.2) is 37.1 Å². The molecule has 1 N–H and O–H groups in total. The lowest BCUT2D eigenvalue weighted by atomic mass is 10.0. The first-order valence-corrected chi connectivity index (χ1v) is 5.96. The fraction of sp³-hybridized carbons (Fsp3) is 1.00. The Morgan fingerprint density at radius 3 is 2.07 bits per heavy atom. The zero-order valence-corrected chi connectivity index (χ0v) is 10.8. The van der Waals surface area contributed by atoms with Crippen molar-refractivity contribution in [3.8, 4) is 0 Å². The first-order valence-electron chi connectivity index (χ1n) is 5.96. The summed E-state index contributed by atoms with van der Waals surface area (Å²) in [5, 5.41) is 3.52. The van der Waals surface area contributed by atoms with Crippen LogP contribution in [0, 0.1) is 5.92 Å². The van der Waals surface area contributed by atoms with E-state index in [1.54, 1.807) is 0 Å². The summed E-state index contributed by atoms with van der Waals surface area (Å²) < 4.78 is 0. The minimum atomic E-state index is 0.645. The molecule has 14 heavy (non-hydrogen) atoms. The van der Waals surface area contributed by atoms with Crippen molar-refractivity contribution >= 4 is 0 Å². The highest BCUT2D eigenvalue weighted by molar-refractivity contribution is 4.73. The van der Waals surface area contributed by atoms with Crippen LogP contribution in [0.4, 0.5) is 0 Å². The van der Waals surface area contributed by atoms with Gasteiger partial charge in [0.15, 0.2) is 0 Å². The maximum atomic E-state index is 3.52. The van der Waals surface area contributed by atoms with Crippen LogP contribution in [-0.2, 0) is 0 Å². The molecule has 0 aromatic heterocycles. The molecule has 0 aliphatic rings. The first-order chi connectivity index (χ1) is 6.52. The molecular formula is C12H28N2. The second-order valence-electron chi connectivity index (χ2n) is 4.59. The van der Waals surface area contributed by atoms with Crippen LogP contribution in [0.15, 0.2) is 0 Å². The standard InChI is InChI=1S/C12H28N2/c1-7-12(13-8-2)9-14(6)11(5)10(3)4/h10-13H,7-9H2,1-6H3. The van der Waals surface area contributed by atoms with Gasteiger partial charge in [0, 0.05) is 18.6 Å². The molecule has 2 atom stereocenters. The molecular weight excluding hydrogens is 172 g/mol. The van der Waals surface area contributed by atoms with Gasteiger partial charge in [-0.15, -0.1) is 0 Å². The van der Waals surface area contributed by atoms with E-state index in [1.165, 1.54) is 6.42 Å². The third kappa shape index (κ3) is 4.97. The van der Waals surface area contributed by atoms with Gasteiger partial charge in [-0.25, -0.2) is 0 Å². The van der Waals surface area contributed by atoms with Crippen molar-refractivity contribution in [1.29, 1.82) is 0 Å². The number of hydrogen-bond acceptors (Lipinski definition) is 2. The van der Waals surface area contributed by atoms with Gasteiger partial charge in [0.2, 0.25) is 0 Å². The fourth-order valence-corrected chi connectivity index (χ4v) is 1.65. The molecule has 0 aromatic rings. The molecule has 2 nitrogen and oxygen atoms in total. The van der Waals surface area contributed by atoms with E-state index in [2.05, 4.69) is 51.9 Å². The van der Waals surface area contributed by atoms with Crippen molar-refractivity contribution in [2.75, 3.05) is 20.1 Å². The lowest BCUT2D eigenvalue weighted by Gasteiger charge is -2.31. The second-order valence-corrected chi connectivity index (χ2v) is 4.59. The van der Waals surface area contributed by atoms with Gasteiger partial charge in [-0.3, -0.25) is 0 Å². The lowest BCUT2D eigenvalue weighted by Crippen LogP contribution is -2.43. The van der Waals surface area contributed by atoms with Crippen LogP contribution < -0.4 is 5.32 Å². The summed E-state index contributed by atoms with van der Waals surface area (Å²) in [6.07, 6.45) is 1.21. The molecule has 0 aliphatic carbocycles. The molecule has 0 aliphatic heterocycles. The Bertz CT molecular complexity index is 134. The van der Waals surface area contributed by atoms with E-state index < -0.39 is 0 Å². The molecule has 0 saturated carbocycles. The molecule has 0 saturated heterocycles. The van der Waals surface area contributed by atoms with Crippen molar-refractivity contribution in [2.45, 2.75) is 53.1 Å². The number of nitrogens with zero attached hydrogens (tertiary/aromatic N) is 1. The van der Waals surface area contributed by atoms with Gasteiger partial charge in [-0.1, -0.05) is 27.7 Å². The molecule has 0 fully saturated rings. The quantitative estimate of drug-likeness (QED) is 0.678. The van der Waals surface area contributed by atoms with Gasteiger partial charge in [-0.05, 0) is 32.9 Å². The maximum Gasteiger partial charge on any atom is 0.0192 e. The third-order valence-corrected chi connectivity index (χ3v) is 3.15. The monoisotopic (exact) mass is 200 g/mol. The molecule has 0 bridgehead atoms. The normalized spacial score (nSPS) is 16.3. The molecule has 0 radical (unpaired) electrons. The zero-order chi connectivity index (χ0) is 11.1. The van der Waals surface area contributed by atoms with Crippen LogP contribution in [0.3, 0.4) is 0 Å². The second kappa shape index (κ2) is 7.24. The van der Waals surface area contributed by atoms with Crippen molar-refractivity contribution in [2.24, 2.45) is 5.92 Å². The molecule has 0 spiro atoms. The van der Waals surface area contributed by atoms with E-state index in [0.717, 1.165) is 19.0 Å². The molecule has 0 aromatic carbocycles. The molecule has 0 heterocycles. The van der Waals surface area contributed by atoms with Crippen molar-refractivity contribution in [1.82, 2.24) is 10.2 Å². The summed E-state index contributed by atoms with van der Waals surface area (Å²) in [7, 11) is 2.23. The van der Waals surface area contributed by atoms with E-state index >= 15 is 0 Å². The molecule has 2 unspecified atom stereocenters. The Kier molecular flexibility index (Phi) is 7.20. The highest BCUT2D eigenvalue weighted by atomic mass is 15.1. The number of likely N-dealkylation sites (N-methyl/N-ethyl adjacent to an activating group) is 2. The minimum absolute atomic E-state index is 0.645. The Balaban J connectivity index is 3.94. The molecule has 2 heteroatoms. The minimum Gasteiger partial charge on any atom is -0.313 e. The predicted molar refractivity (Wildman–Crippen MR) is 64.7 cm³/mol. The molecule has 86 valence electrons. The van der Waals surface area contributed by atoms with Crippen molar-refractivity contribution in [3.63, 3.8) is 0 Å². The topological polar surface area (TPSA) is 15.3 Å². The van der Waals surface area contributed by atoms with Crippen molar-refractivity contribution in [3.05, 3.63) is 0 Å². The summed E-state index contributed by atoms with van der Waals surface area (Å²) in [5.74, 6) is 0.735. The van der Waals surface area contributed by atoms with Crippen LogP contribution in [0.1, 0.15) is 41.0 Å². The van der Waals surface area contributed by atoms with Crippen LogP contribution in [0.2, 0.25) is 0 Å². The summed E-state index contributed by atoms with van der Waals surface area (Å²) in [6, 6.07) is 1.31. The van der Waals surface area contributed by atoms with Crippen LogP contribution in [0.25, 0.3) is 0 Å². The van der Waals surface area contributed by atoms with Gasteiger partial charge < -0.3 is 10.2 Å². The van der Waals surface area contributed by atoms with Gasteiger partial charge in [0.25, 0.3) is 0 Å². The van der Waals surface area contributed by atoms with E-state index in [0.29, 0.717) is 12.1 Å². The average Bonchev–Trinajstić information content (AvgIpc) is 2.15. The number of hydrogen-bond donors (Lipinski definition) is 1. The Morgan fingerprint density at radius 1 is 1.14 bits per heavy atom. The largest absolute Gasteiger partial charge is 0.313 e. The third-order valence-electron chi connectivity index (χ3n) is 3.15. The van der Waals surface area contributed by atoms with Gasteiger partial charge in [0.1, 0.15) is 0 Å². The Labute approximate surface area is 90.1 Å². The van der Waals surface area contributed by atoms with Crippen molar-refractivity contribution < 1.29 is 0 Å². The lowest BCUT2D eigenvalue weighted by molar-refractivity contribution is 0.186. The average molecular weight is 200 g/mol. The summed E-state index contributed by atoms with van der Waals surface area (Å²) in [6.45, 7) is 13.5. The Hall–Kier alpha value is -0.0800. The van der Waals surface area contributed by atoms with Crippen LogP contribution in [0.5, 0.6) is 0 Å². The highest BCUT2D eigenvalue weighted by Gasteiger charge is 2.15. The summed E-state index contributed by atoms with van der Waals surface area (Å²) in [4.78, 5) is 2.46. The van der Waals surface area contributed by atoms with Crippen LogP contribution >= 0.6 is 0 Å². The Morgan fingerprint density at radius 2 is 1.71 bits per heavy atom. The predicted octanol–water partition coefficient (Wildman–Crippen LogP) is 2.35. The molecule has 0 amide bonds. The van der Waals surface area contributed by atoms with Gasteiger partial charge in [0.05, 0.1) is 0 Å². The van der Waals surface area contributed by atoms with E-state index in [9.17, 15) is 0 Å². The highest BCUT2D eigenvalue weighted by Crippen LogP contribution is 2.08. The SMILES string of the molecule is CCNC(CC)CN(C)C(C)C(C)C. The smallest absolute Gasteiger partial charge is 0.0192 e. The van der Waals surface area contributed by atoms with Gasteiger partial charge in [-0.2, -0.15) is 0 Å². The van der Waals surface area contributed by atoms with E-state index in [-0.39, 0.29) is 0 Å². The number of rotatable bonds is 7. The fourth-order valence-electron chi connectivity index (χ4n) is 1.65. The summed E-state index contributed by atoms with van der Waals surface area (Å²) >= 11 is 0. The number of nitrogens with one attached hydrogen (secondary N) is 1. The van der Waals surface area contributed by atoms with E-state index in [4.69, 9.17) is 0 Å². The van der Waals surface area contributed by atoms with E-state index in [1.807, 2.05) is 0 Å². The zero-order valence-electron chi connectivity index (χ0n) is 10.8.